The van der Waals surface area contributed by atoms with E-state index in [0.29, 0.717) is 24.9 Å². The summed E-state index contributed by atoms with van der Waals surface area (Å²) in [5, 5.41) is 11.2. The van der Waals surface area contributed by atoms with Gasteiger partial charge in [0.05, 0.1) is 6.42 Å². The van der Waals surface area contributed by atoms with Gasteiger partial charge in [-0.25, -0.2) is 9.59 Å². The molecule has 0 aromatic carbocycles. The topological polar surface area (TPSA) is 113 Å². The number of aliphatic carboxylic acids is 1. The molecule has 0 aliphatic carbocycles. The Morgan fingerprint density at radius 2 is 2.05 bits per heavy atom. The van der Waals surface area contributed by atoms with Crippen molar-refractivity contribution in [3.05, 3.63) is 0 Å². The Morgan fingerprint density at radius 1 is 1.42 bits per heavy atom. The molecule has 2 unspecified atom stereocenters. The van der Waals surface area contributed by atoms with Crippen molar-refractivity contribution in [3.8, 4) is 0 Å². The molecular formula is C12H21N3O4. The van der Waals surface area contributed by atoms with Crippen molar-refractivity contribution in [2.45, 2.75) is 32.7 Å². The summed E-state index contributed by atoms with van der Waals surface area (Å²) >= 11 is 0. The quantitative estimate of drug-likeness (QED) is 0.653. The van der Waals surface area contributed by atoms with Gasteiger partial charge in [0, 0.05) is 13.1 Å². The molecule has 1 saturated heterocycles. The maximum atomic E-state index is 11.9. The number of rotatable bonds is 5. The number of amides is 3. The monoisotopic (exact) mass is 271 g/mol. The first-order chi connectivity index (χ1) is 8.81. The standard InChI is InChI=1S/C12H21N3O4/c1-7(2)8-3-4-15(6-8)12(19)14-9(11(17)18)5-10(13)16/h7-9H,3-6H2,1-2H3,(H2,13,16)(H,14,19)(H,17,18). The van der Waals surface area contributed by atoms with Crippen molar-refractivity contribution in [1.29, 1.82) is 0 Å². The molecule has 7 nitrogen and oxygen atoms in total. The summed E-state index contributed by atoms with van der Waals surface area (Å²) in [6.45, 7) is 5.42. The average molecular weight is 271 g/mol. The minimum Gasteiger partial charge on any atom is -0.480 e. The van der Waals surface area contributed by atoms with Crippen LogP contribution in [0.3, 0.4) is 0 Å². The highest BCUT2D eigenvalue weighted by molar-refractivity contribution is 5.87. The molecular weight excluding hydrogens is 250 g/mol. The highest BCUT2D eigenvalue weighted by Gasteiger charge is 2.30. The molecule has 0 saturated carbocycles. The van der Waals surface area contributed by atoms with Crippen molar-refractivity contribution in [2.75, 3.05) is 13.1 Å². The number of hydrogen-bond donors (Lipinski definition) is 3. The lowest BCUT2D eigenvalue weighted by molar-refractivity contribution is -0.140. The number of nitrogens with zero attached hydrogens (tertiary/aromatic N) is 1. The molecule has 1 aliphatic rings. The van der Waals surface area contributed by atoms with E-state index in [0.717, 1.165) is 6.42 Å². The van der Waals surface area contributed by atoms with Crippen LogP contribution in [0.1, 0.15) is 26.7 Å². The van der Waals surface area contributed by atoms with E-state index in [1.807, 2.05) is 0 Å². The number of nitrogens with two attached hydrogens (primary N) is 1. The van der Waals surface area contributed by atoms with Gasteiger partial charge in [-0.05, 0) is 18.3 Å². The first-order valence-corrected chi connectivity index (χ1v) is 6.37. The van der Waals surface area contributed by atoms with Crippen molar-refractivity contribution in [1.82, 2.24) is 10.2 Å². The van der Waals surface area contributed by atoms with Gasteiger partial charge in [-0.2, -0.15) is 0 Å². The molecule has 0 radical (unpaired) electrons. The third kappa shape index (κ3) is 4.42. The number of likely N-dealkylation sites (tertiary alicyclic amines) is 1. The fourth-order valence-corrected chi connectivity index (χ4v) is 2.16. The summed E-state index contributed by atoms with van der Waals surface area (Å²) in [4.78, 5) is 35.2. The largest absolute Gasteiger partial charge is 0.480 e. The Hall–Kier alpha value is -1.79. The number of carboxylic acids is 1. The third-order valence-electron chi connectivity index (χ3n) is 3.46. The normalized spacial score (nSPS) is 20.4. The maximum Gasteiger partial charge on any atom is 0.326 e. The molecule has 3 amide bonds. The smallest absolute Gasteiger partial charge is 0.326 e. The lowest BCUT2D eigenvalue weighted by atomic mass is 9.95. The van der Waals surface area contributed by atoms with Gasteiger partial charge in [-0.3, -0.25) is 4.79 Å². The second-order valence-corrected chi connectivity index (χ2v) is 5.25. The minimum absolute atomic E-state index is 0.400. The summed E-state index contributed by atoms with van der Waals surface area (Å²) in [6, 6.07) is -1.71. The summed E-state index contributed by atoms with van der Waals surface area (Å²) in [7, 11) is 0. The molecule has 4 N–H and O–H groups in total. The number of urea groups is 1. The Labute approximate surface area is 112 Å². The Morgan fingerprint density at radius 3 is 2.47 bits per heavy atom. The lowest BCUT2D eigenvalue weighted by Crippen LogP contribution is -2.48. The van der Waals surface area contributed by atoms with Gasteiger partial charge >= 0.3 is 12.0 Å². The first kappa shape index (κ1) is 15.3. The zero-order valence-corrected chi connectivity index (χ0v) is 11.3. The number of carboxylic acid groups (broad SMARTS) is 1. The summed E-state index contributed by atoms with van der Waals surface area (Å²) in [5.41, 5.74) is 4.95. The zero-order valence-electron chi connectivity index (χ0n) is 11.3. The fraction of sp³-hybridized carbons (Fsp3) is 0.750. The number of nitrogens with one attached hydrogen (secondary N) is 1. The van der Waals surface area contributed by atoms with Crippen LogP contribution in [0, 0.1) is 11.8 Å². The Bertz CT molecular complexity index is 370. The van der Waals surface area contributed by atoms with E-state index >= 15 is 0 Å². The molecule has 1 rings (SSSR count). The molecule has 19 heavy (non-hydrogen) atoms. The van der Waals surface area contributed by atoms with E-state index in [1.54, 1.807) is 4.90 Å². The molecule has 108 valence electrons. The van der Waals surface area contributed by atoms with Crippen LogP contribution in [0.5, 0.6) is 0 Å². The molecule has 1 aliphatic heterocycles. The average Bonchev–Trinajstić information content (AvgIpc) is 2.76. The number of carbonyl (C=O) groups excluding carboxylic acids is 2. The van der Waals surface area contributed by atoms with E-state index < -0.39 is 30.4 Å². The second-order valence-electron chi connectivity index (χ2n) is 5.25. The Balaban J connectivity index is 2.54. The molecule has 0 aromatic rings. The second kappa shape index (κ2) is 6.40. The van der Waals surface area contributed by atoms with E-state index in [-0.39, 0.29) is 0 Å². The van der Waals surface area contributed by atoms with Crippen molar-refractivity contribution < 1.29 is 19.5 Å². The highest BCUT2D eigenvalue weighted by atomic mass is 16.4. The number of primary amides is 1. The van der Waals surface area contributed by atoms with Gasteiger partial charge in [0.2, 0.25) is 5.91 Å². The molecule has 0 aromatic heterocycles. The van der Waals surface area contributed by atoms with E-state index in [2.05, 4.69) is 19.2 Å². The molecule has 0 spiro atoms. The van der Waals surface area contributed by atoms with Crippen LogP contribution in [0.15, 0.2) is 0 Å². The predicted octanol–water partition coefficient (Wildman–Crippen LogP) is 0.00250. The molecule has 2 atom stereocenters. The highest BCUT2D eigenvalue weighted by Crippen LogP contribution is 2.23. The summed E-state index contributed by atoms with van der Waals surface area (Å²) < 4.78 is 0. The van der Waals surface area contributed by atoms with Crippen LogP contribution in [-0.4, -0.2) is 47.0 Å². The van der Waals surface area contributed by atoms with E-state index in [9.17, 15) is 14.4 Å². The van der Waals surface area contributed by atoms with Crippen LogP contribution < -0.4 is 11.1 Å². The van der Waals surface area contributed by atoms with Gasteiger partial charge in [0.15, 0.2) is 0 Å². The van der Waals surface area contributed by atoms with Gasteiger partial charge in [-0.1, -0.05) is 13.8 Å². The minimum atomic E-state index is -1.26. The van der Waals surface area contributed by atoms with Crippen molar-refractivity contribution in [3.63, 3.8) is 0 Å². The van der Waals surface area contributed by atoms with Crippen LogP contribution >= 0.6 is 0 Å². The van der Waals surface area contributed by atoms with Crippen LogP contribution in [0.25, 0.3) is 0 Å². The van der Waals surface area contributed by atoms with Gasteiger partial charge in [0.1, 0.15) is 6.04 Å². The van der Waals surface area contributed by atoms with E-state index in [4.69, 9.17) is 10.8 Å². The number of carbonyl (C=O) groups is 3. The fourth-order valence-electron chi connectivity index (χ4n) is 2.16. The number of hydrogen-bond acceptors (Lipinski definition) is 3. The molecule has 1 fully saturated rings. The van der Waals surface area contributed by atoms with Crippen molar-refractivity contribution >= 4 is 17.9 Å². The van der Waals surface area contributed by atoms with Crippen LogP contribution in [0.4, 0.5) is 4.79 Å². The first-order valence-electron chi connectivity index (χ1n) is 6.37. The Kier molecular flexibility index (Phi) is 5.14. The van der Waals surface area contributed by atoms with Gasteiger partial charge in [-0.15, -0.1) is 0 Å². The van der Waals surface area contributed by atoms with Crippen molar-refractivity contribution in [2.24, 2.45) is 17.6 Å². The third-order valence-corrected chi connectivity index (χ3v) is 3.46. The zero-order chi connectivity index (χ0) is 14.6. The van der Waals surface area contributed by atoms with Crippen LogP contribution in [0.2, 0.25) is 0 Å². The van der Waals surface area contributed by atoms with Crippen LogP contribution in [-0.2, 0) is 9.59 Å². The SMILES string of the molecule is CC(C)C1CCN(C(=O)NC(CC(N)=O)C(=O)O)C1. The van der Waals surface area contributed by atoms with Gasteiger partial charge < -0.3 is 21.1 Å². The lowest BCUT2D eigenvalue weighted by Gasteiger charge is -2.21. The summed E-state index contributed by atoms with van der Waals surface area (Å²) in [5.74, 6) is -1.09. The van der Waals surface area contributed by atoms with Gasteiger partial charge in [0.25, 0.3) is 0 Å². The molecule has 0 bridgehead atoms. The predicted molar refractivity (Wildman–Crippen MR) is 68.3 cm³/mol. The summed E-state index contributed by atoms with van der Waals surface area (Å²) in [6.07, 6.45) is 0.515. The van der Waals surface area contributed by atoms with E-state index in [1.165, 1.54) is 0 Å². The molecule has 7 heteroatoms. The molecule has 1 heterocycles. The maximum absolute atomic E-state index is 11.9.